The predicted molar refractivity (Wildman–Crippen MR) is 68.8 cm³/mol. The van der Waals surface area contributed by atoms with Gasteiger partial charge in [-0.3, -0.25) is 4.79 Å². The molecule has 0 amide bonds. The molecule has 5 heteroatoms. The number of nitrogens with zero attached hydrogens (tertiary/aromatic N) is 1. The van der Waals surface area contributed by atoms with E-state index in [9.17, 15) is 4.79 Å². The van der Waals surface area contributed by atoms with E-state index in [-0.39, 0.29) is 11.9 Å². The van der Waals surface area contributed by atoms with E-state index in [0.29, 0.717) is 12.4 Å². The first-order valence-electron chi connectivity index (χ1n) is 5.43. The minimum absolute atomic E-state index is 0.259. The van der Waals surface area contributed by atoms with Crippen molar-refractivity contribution in [3.8, 4) is 0 Å². The van der Waals surface area contributed by atoms with Crippen LogP contribution in [-0.4, -0.2) is 22.5 Å². The van der Waals surface area contributed by atoms with Gasteiger partial charge in [0.25, 0.3) is 0 Å². The summed E-state index contributed by atoms with van der Waals surface area (Å²) in [6.07, 6.45) is 0. The maximum absolute atomic E-state index is 11.6. The SMILES string of the molecule is CCOC(=O)C(C)c1nc2ccc(Br)cc2[nH]1. The first-order chi connectivity index (χ1) is 8.11. The Hall–Kier alpha value is -1.36. The number of aromatic amines is 1. The van der Waals surface area contributed by atoms with Gasteiger partial charge in [-0.05, 0) is 32.0 Å². The zero-order chi connectivity index (χ0) is 12.4. The average Bonchev–Trinajstić information content (AvgIpc) is 2.71. The number of rotatable bonds is 3. The molecular weight excluding hydrogens is 284 g/mol. The summed E-state index contributed by atoms with van der Waals surface area (Å²) in [6, 6.07) is 5.75. The molecule has 1 unspecified atom stereocenters. The second-order valence-corrected chi connectivity index (χ2v) is 4.67. The smallest absolute Gasteiger partial charge is 0.316 e. The molecule has 2 rings (SSSR count). The number of ether oxygens (including phenoxy) is 1. The molecule has 0 radical (unpaired) electrons. The highest BCUT2D eigenvalue weighted by Gasteiger charge is 2.19. The van der Waals surface area contributed by atoms with Gasteiger partial charge in [-0.1, -0.05) is 15.9 Å². The predicted octanol–water partition coefficient (Wildman–Crippen LogP) is 2.99. The number of carbonyl (C=O) groups excluding carboxylic acids is 1. The topological polar surface area (TPSA) is 55.0 Å². The van der Waals surface area contributed by atoms with Gasteiger partial charge in [-0.25, -0.2) is 4.98 Å². The number of nitrogens with one attached hydrogen (secondary N) is 1. The van der Waals surface area contributed by atoms with Gasteiger partial charge < -0.3 is 9.72 Å². The Morgan fingerprint density at radius 3 is 3.06 bits per heavy atom. The zero-order valence-corrected chi connectivity index (χ0v) is 11.2. The summed E-state index contributed by atoms with van der Waals surface area (Å²) in [5.74, 6) is 0.00305. The molecule has 90 valence electrons. The number of fused-ring (bicyclic) bond motifs is 1. The van der Waals surface area contributed by atoms with Crippen LogP contribution in [0.3, 0.4) is 0 Å². The number of hydrogen-bond acceptors (Lipinski definition) is 3. The summed E-state index contributed by atoms with van der Waals surface area (Å²) in [5.41, 5.74) is 1.75. The number of halogens is 1. The van der Waals surface area contributed by atoms with Crippen molar-refractivity contribution in [2.45, 2.75) is 19.8 Å². The summed E-state index contributed by atoms with van der Waals surface area (Å²) in [5, 5.41) is 0. The second kappa shape index (κ2) is 4.87. The van der Waals surface area contributed by atoms with Crippen molar-refractivity contribution in [1.29, 1.82) is 0 Å². The minimum Gasteiger partial charge on any atom is -0.465 e. The first kappa shape index (κ1) is 12.1. The number of carbonyl (C=O) groups is 1. The van der Waals surface area contributed by atoms with E-state index in [1.807, 2.05) is 18.2 Å². The molecule has 1 atom stereocenters. The number of H-pyrrole nitrogens is 1. The van der Waals surface area contributed by atoms with Crippen LogP contribution in [0.1, 0.15) is 25.6 Å². The molecule has 1 aromatic carbocycles. The third kappa shape index (κ3) is 2.49. The van der Waals surface area contributed by atoms with Crippen LogP contribution in [-0.2, 0) is 9.53 Å². The molecule has 1 N–H and O–H groups in total. The molecule has 0 fully saturated rings. The van der Waals surface area contributed by atoms with Crippen LogP contribution in [0.15, 0.2) is 22.7 Å². The molecule has 1 aromatic heterocycles. The summed E-state index contributed by atoms with van der Waals surface area (Å²) >= 11 is 3.39. The molecule has 1 heterocycles. The van der Waals surface area contributed by atoms with Gasteiger partial charge in [0.1, 0.15) is 11.7 Å². The van der Waals surface area contributed by atoms with Crippen molar-refractivity contribution >= 4 is 32.9 Å². The largest absolute Gasteiger partial charge is 0.465 e. The normalized spacial score (nSPS) is 12.6. The van der Waals surface area contributed by atoms with Crippen LogP contribution in [0, 0.1) is 0 Å². The molecule has 0 saturated carbocycles. The summed E-state index contributed by atoms with van der Waals surface area (Å²) in [7, 11) is 0. The van der Waals surface area contributed by atoms with Crippen molar-refractivity contribution in [2.24, 2.45) is 0 Å². The molecule has 4 nitrogen and oxygen atoms in total. The summed E-state index contributed by atoms with van der Waals surface area (Å²) < 4.78 is 5.95. The lowest BCUT2D eigenvalue weighted by Gasteiger charge is -2.06. The maximum Gasteiger partial charge on any atom is 0.316 e. The van der Waals surface area contributed by atoms with E-state index in [1.54, 1.807) is 13.8 Å². The van der Waals surface area contributed by atoms with Crippen LogP contribution < -0.4 is 0 Å². The molecule has 17 heavy (non-hydrogen) atoms. The average molecular weight is 297 g/mol. The molecule has 0 aliphatic rings. The Morgan fingerprint density at radius 2 is 2.35 bits per heavy atom. The van der Waals surface area contributed by atoms with E-state index >= 15 is 0 Å². The van der Waals surface area contributed by atoms with Gasteiger partial charge in [-0.15, -0.1) is 0 Å². The summed E-state index contributed by atoms with van der Waals surface area (Å²) in [4.78, 5) is 19.1. The van der Waals surface area contributed by atoms with Gasteiger partial charge in [0.15, 0.2) is 0 Å². The number of hydrogen-bond donors (Lipinski definition) is 1. The van der Waals surface area contributed by atoms with Crippen LogP contribution in [0.4, 0.5) is 0 Å². The Morgan fingerprint density at radius 1 is 1.59 bits per heavy atom. The Kier molecular flexibility index (Phi) is 3.47. The molecule has 2 aromatic rings. The minimum atomic E-state index is -0.374. The highest BCUT2D eigenvalue weighted by Crippen LogP contribution is 2.21. The van der Waals surface area contributed by atoms with Crippen molar-refractivity contribution in [3.05, 3.63) is 28.5 Å². The number of aromatic nitrogens is 2. The maximum atomic E-state index is 11.6. The van der Waals surface area contributed by atoms with E-state index in [2.05, 4.69) is 25.9 Å². The van der Waals surface area contributed by atoms with Crippen molar-refractivity contribution in [3.63, 3.8) is 0 Å². The van der Waals surface area contributed by atoms with Crippen LogP contribution >= 0.6 is 15.9 Å². The van der Waals surface area contributed by atoms with Crippen LogP contribution in [0.5, 0.6) is 0 Å². The fourth-order valence-corrected chi connectivity index (χ4v) is 1.95. The van der Waals surface area contributed by atoms with Crippen molar-refractivity contribution < 1.29 is 9.53 Å². The van der Waals surface area contributed by atoms with Crippen LogP contribution in [0.2, 0.25) is 0 Å². The van der Waals surface area contributed by atoms with Crippen molar-refractivity contribution in [2.75, 3.05) is 6.61 Å². The van der Waals surface area contributed by atoms with E-state index in [4.69, 9.17) is 4.74 Å². The van der Waals surface area contributed by atoms with Crippen LogP contribution in [0.25, 0.3) is 11.0 Å². The molecular formula is C12H13BrN2O2. The Bertz CT molecular complexity index is 550. The Labute approximate surface area is 108 Å². The molecule has 0 aliphatic heterocycles. The second-order valence-electron chi connectivity index (χ2n) is 3.76. The fourth-order valence-electron chi connectivity index (χ4n) is 1.59. The number of imidazole rings is 1. The quantitative estimate of drug-likeness (QED) is 0.886. The molecule has 0 spiro atoms. The number of esters is 1. The van der Waals surface area contributed by atoms with Gasteiger partial charge in [0, 0.05) is 4.47 Å². The molecule has 0 saturated heterocycles. The third-order valence-corrected chi connectivity index (χ3v) is 3.01. The molecule has 0 bridgehead atoms. The number of benzene rings is 1. The lowest BCUT2D eigenvalue weighted by Crippen LogP contribution is -2.14. The van der Waals surface area contributed by atoms with E-state index in [0.717, 1.165) is 15.5 Å². The third-order valence-electron chi connectivity index (χ3n) is 2.51. The lowest BCUT2D eigenvalue weighted by molar-refractivity contribution is -0.144. The lowest BCUT2D eigenvalue weighted by atomic mass is 10.2. The zero-order valence-electron chi connectivity index (χ0n) is 9.66. The van der Waals surface area contributed by atoms with Gasteiger partial charge in [0.05, 0.1) is 17.6 Å². The van der Waals surface area contributed by atoms with E-state index < -0.39 is 0 Å². The van der Waals surface area contributed by atoms with Gasteiger partial charge >= 0.3 is 5.97 Å². The summed E-state index contributed by atoms with van der Waals surface area (Å²) in [6.45, 7) is 3.96. The van der Waals surface area contributed by atoms with Crippen molar-refractivity contribution in [1.82, 2.24) is 9.97 Å². The highest BCUT2D eigenvalue weighted by molar-refractivity contribution is 9.10. The highest BCUT2D eigenvalue weighted by atomic mass is 79.9. The standard InChI is InChI=1S/C12H13BrN2O2/c1-3-17-12(16)7(2)11-14-9-5-4-8(13)6-10(9)15-11/h4-7H,3H2,1-2H3,(H,14,15). The van der Waals surface area contributed by atoms with E-state index in [1.165, 1.54) is 0 Å². The monoisotopic (exact) mass is 296 g/mol. The Balaban J connectivity index is 2.33. The molecule has 0 aliphatic carbocycles. The van der Waals surface area contributed by atoms with Gasteiger partial charge in [-0.2, -0.15) is 0 Å². The fraction of sp³-hybridized carbons (Fsp3) is 0.333. The first-order valence-corrected chi connectivity index (χ1v) is 6.23. The van der Waals surface area contributed by atoms with Gasteiger partial charge in [0.2, 0.25) is 0 Å².